The normalized spacial score (nSPS) is 34.4. The van der Waals surface area contributed by atoms with Crippen LogP contribution in [0.15, 0.2) is 23.8 Å². The largest absolute Gasteiger partial charge is 0.480 e. The van der Waals surface area contributed by atoms with Crippen molar-refractivity contribution in [2.24, 2.45) is 11.7 Å². The van der Waals surface area contributed by atoms with Crippen LogP contribution >= 0.6 is 11.8 Å². The number of cyclic esters (lactones) is 1. The minimum atomic E-state index is -1.39. The van der Waals surface area contributed by atoms with E-state index in [1.807, 2.05) is 20.8 Å². The van der Waals surface area contributed by atoms with E-state index in [0.29, 0.717) is 0 Å². The standard InChI is InChI=1S/C21H35NO6S/c1-13-7-6-8-14(2)17(27-5)9-10-21(4,26)18(11-19(23)28-15(13)3)29-12-16(22)20(24)25/h8-10,13,15-18,26H,6-7,11-12,22H2,1-5H3,(H,24,25)/b10-9+,14-8?/t13-,15+,16+,17-,18-,21+/m1/s1. The van der Waals surface area contributed by atoms with Gasteiger partial charge in [-0.3, -0.25) is 9.59 Å². The predicted molar refractivity (Wildman–Crippen MR) is 115 cm³/mol. The first-order valence-electron chi connectivity index (χ1n) is 9.88. The highest BCUT2D eigenvalue weighted by Gasteiger charge is 2.34. The second-order valence-electron chi connectivity index (χ2n) is 7.91. The van der Waals surface area contributed by atoms with Crippen molar-refractivity contribution in [1.29, 1.82) is 0 Å². The van der Waals surface area contributed by atoms with Crippen molar-refractivity contribution >= 4 is 23.7 Å². The summed E-state index contributed by atoms with van der Waals surface area (Å²) in [4.78, 5) is 23.5. The molecule has 4 N–H and O–H groups in total. The fraction of sp³-hybridized carbons (Fsp3) is 0.714. The fourth-order valence-corrected chi connectivity index (χ4v) is 4.23. The van der Waals surface area contributed by atoms with Gasteiger partial charge in [0, 0.05) is 18.1 Å². The van der Waals surface area contributed by atoms with Crippen LogP contribution in [-0.2, 0) is 19.1 Å². The molecule has 29 heavy (non-hydrogen) atoms. The monoisotopic (exact) mass is 429 g/mol. The van der Waals surface area contributed by atoms with Gasteiger partial charge in [-0.1, -0.05) is 25.2 Å². The van der Waals surface area contributed by atoms with E-state index in [0.717, 1.165) is 30.2 Å². The van der Waals surface area contributed by atoms with Gasteiger partial charge in [0.2, 0.25) is 0 Å². The summed E-state index contributed by atoms with van der Waals surface area (Å²) in [6, 6.07) is -1.08. The molecule has 1 aliphatic rings. The molecule has 8 heteroatoms. The number of ether oxygens (including phenoxy) is 2. The van der Waals surface area contributed by atoms with Gasteiger partial charge in [0.05, 0.1) is 18.1 Å². The van der Waals surface area contributed by atoms with Crippen LogP contribution < -0.4 is 5.73 Å². The number of aliphatic hydroxyl groups is 1. The molecule has 0 spiro atoms. The third kappa shape index (κ3) is 8.50. The minimum absolute atomic E-state index is 0.0577. The van der Waals surface area contributed by atoms with Crippen LogP contribution in [0.2, 0.25) is 0 Å². The molecule has 0 bridgehead atoms. The van der Waals surface area contributed by atoms with Gasteiger partial charge in [-0.25, -0.2) is 0 Å². The van der Waals surface area contributed by atoms with Crippen LogP contribution in [-0.4, -0.2) is 64.1 Å². The maximum Gasteiger partial charge on any atom is 0.321 e. The average molecular weight is 430 g/mol. The van der Waals surface area contributed by atoms with Gasteiger partial charge in [0.15, 0.2) is 0 Å². The molecule has 0 radical (unpaired) electrons. The Labute approximate surface area is 177 Å². The molecule has 0 saturated carbocycles. The Morgan fingerprint density at radius 3 is 2.72 bits per heavy atom. The molecular weight excluding hydrogens is 394 g/mol. The SMILES string of the molecule is CO[C@@H]1/C=C/[C@](C)(O)[C@H](SC[C@H](N)C(=O)O)CC(=O)O[C@@H](C)[C@H](C)CCC=C1C. The number of carbonyl (C=O) groups excluding carboxylic acids is 1. The number of carboxylic acids is 1. The van der Waals surface area contributed by atoms with E-state index >= 15 is 0 Å². The van der Waals surface area contributed by atoms with Gasteiger partial charge in [-0.2, -0.15) is 11.8 Å². The van der Waals surface area contributed by atoms with Crippen LogP contribution in [0.1, 0.15) is 47.0 Å². The minimum Gasteiger partial charge on any atom is -0.480 e. The van der Waals surface area contributed by atoms with Crippen molar-refractivity contribution in [3.8, 4) is 0 Å². The zero-order valence-electron chi connectivity index (χ0n) is 18.0. The van der Waals surface area contributed by atoms with Crippen LogP contribution in [0.4, 0.5) is 0 Å². The molecule has 0 saturated heterocycles. The summed E-state index contributed by atoms with van der Waals surface area (Å²) in [7, 11) is 1.60. The molecule has 0 unspecified atom stereocenters. The Morgan fingerprint density at radius 2 is 2.14 bits per heavy atom. The third-order valence-corrected chi connectivity index (χ3v) is 6.91. The van der Waals surface area contributed by atoms with Crippen molar-refractivity contribution in [1.82, 2.24) is 0 Å². The van der Waals surface area contributed by atoms with Crippen molar-refractivity contribution in [3.05, 3.63) is 23.8 Å². The maximum atomic E-state index is 12.5. The summed E-state index contributed by atoms with van der Waals surface area (Å²) in [6.07, 6.45) is 6.56. The van der Waals surface area contributed by atoms with Gasteiger partial charge in [-0.05, 0) is 45.1 Å². The highest BCUT2D eigenvalue weighted by Crippen LogP contribution is 2.30. The zero-order valence-corrected chi connectivity index (χ0v) is 18.8. The molecule has 1 aliphatic heterocycles. The summed E-state index contributed by atoms with van der Waals surface area (Å²) in [5.41, 5.74) is 5.25. The maximum absolute atomic E-state index is 12.5. The van der Waals surface area contributed by atoms with E-state index in [-0.39, 0.29) is 30.3 Å². The second kappa shape index (κ2) is 11.7. The third-order valence-electron chi connectivity index (χ3n) is 5.32. The van der Waals surface area contributed by atoms with Gasteiger partial charge in [0.25, 0.3) is 0 Å². The molecule has 1 heterocycles. The first-order valence-corrected chi connectivity index (χ1v) is 10.9. The number of carboxylic acid groups (broad SMARTS) is 1. The smallest absolute Gasteiger partial charge is 0.321 e. The number of thioether (sulfide) groups is 1. The van der Waals surface area contributed by atoms with Gasteiger partial charge < -0.3 is 25.4 Å². The van der Waals surface area contributed by atoms with Crippen LogP contribution in [0.5, 0.6) is 0 Å². The Kier molecular flexibility index (Phi) is 10.4. The van der Waals surface area contributed by atoms with Crippen LogP contribution in [0.25, 0.3) is 0 Å². The summed E-state index contributed by atoms with van der Waals surface area (Å²) in [6.45, 7) is 7.47. The molecule has 0 aromatic heterocycles. The Balaban J connectivity index is 3.17. The number of methoxy groups -OCH3 is 1. The molecule has 0 aromatic rings. The molecule has 7 nitrogen and oxygen atoms in total. The lowest BCUT2D eigenvalue weighted by atomic mass is 9.95. The number of nitrogens with two attached hydrogens (primary N) is 1. The van der Waals surface area contributed by atoms with E-state index in [2.05, 4.69) is 6.08 Å². The van der Waals surface area contributed by atoms with E-state index in [9.17, 15) is 14.7 Å². The number of carbonyl (C=O) groups is 2. The summed E-state index contributed by atoms with van der Waals surface area (Å²) >= 11 is 1.15. The Morgan fingerprint density at radius 1 is 1.48 bits per heavy atom. The van der Waals surface area contributed by atoms with Crippen LogP contribution in [0.3, 0.4) is 0 Å². The lowest BCUT2D eigenvalue weighted by molar-refractivity contribution is -0.151. The van der Waals surface area contributed by atoms with Crippen LogP contribution in [0, 0.1) is 5.92 Å². The molecule has 6 atom stereocenters. The molecule has 0 amide bonds. The molecule has 0 aromatic carbocycles. The van der Waals surface area contributed by atoms with Gasteiger partial charge in [0.1, 0.15) is 12.1 Å². The highest BCUT2D eigenvalue weighted by atomic mass is 32.2. The number of esters is 1. The lowest BCUT2D eigenvalue weighted by Gasteiger charge is -2.31. The van der Waals surface area contributed by atoms with Crippen molar-refractivity contribution in [2.45, 2.75) is 76.1 Å². The van der Waals surface area contributed by atoms with Crippen molar-refractivity contribution < 1.29 is 29.3 Å². The predicted octanol–water partition coefficient (Wildman–Crippen LogP) is 2.52. The number of hydrogen-bond donors (Lipinski definition) is 3. The number of rotatable bonds is 5. The molecule has 0 aliphatic carbocycles. The van der Waals surface area contributed by atoms with Gasteiger partial charge >= 0.3 is 11.9 Å². The highest BCUT2D eigenvalue weighted by molar-refractivity contribution is 8.00. The first kappa shape index (κ1) is 25.7. The molecule has 166 valence electrons. The van der Waals surface area contributed by atoms with E-state index < -0.39 is 28.8 Å². The molecule has 1 rings (SSSR count). The van der Waals surface area contributed by atoms with Crippen molar-refractivity contribution in [2.75, 3.05) is 12.9 Å². The number of aliphatic carboxylic acids is 1. The quantitative estimate of drug-likeness (QED) is 0.451. The summed E-state index contributed by atoms with van der Waals surface area (Å²) in [5, 5.41) is 19.5. The van der Waals surface area contributed by atoms with Gasteiger partial charge in [-0.15, -0.1) is 0 Å². The fourth-order valence-electron chi connectivity index (χ4n) is 2.98. The van der Waals surface area contributed by atoms with E-state index in [1.54, 1.807) is 26.2 Å². The summed E-state index contributed by atoms with van der Waals surface area (Å²) < 4.78 is 11.1. The Hall–Kier alpha value is -1.35. The first-order chi connectivity index (χ1) is 13.5. The number of allylic oxidation sites excluding steroid dienone is 1. The molecular formula is C21H35NO6S. The van der Waals surface area contributed by atoms with E-state index in [1.165, 1.54) is 0 Å². The van der Waals surface area contributed by atoms with Crippen molar-refractivity contribution in [3.63, 3.8) is 0 Å². The second-order valence-corrected chi connectivity index (χ2v) is 9.15. The summed E-state index contributed by atoms with van der Waals surface area (Å²) in [5.74, 6) is -1.31. The average Bonchev–Trinajstić information content (AvgIpc) is 2.63. The topological polar surface area (TPSA) is 119 Å². The molecule has 0 fully saturated rings. The van der Waals surface area contributed by atoms with E-state index in [4.69, 9.17) is 20.3 Å². The lowest BCUT2D eigenvalue weighted by Crippen LogP contribution is -2.40. The number of hydrogen-bond acceptors (Lipinski definition) is 7. The Bertz CT molecular complexity index is 618. The zero-order chi connectivity index (χ0) is 22.2.